The highest BCUT2D eigenvalue weighted by Gasteiger charge is 2.60. The van der Waals surface area contributed by atoms with Crippen LogP contribution in [0.25, 0.3) is 0 Å². The molecule has 3 saturated carbocycles. The van der Waals surface area contributed by atoms with E-state index in [0.717, 1.165) is 38.0 Å². The molecule has 0 aromatic rings. The third-order valence-electron chi connectivity index (χ3n) is 8.69. The largest absolute Gasteiger partial charge is 0.300 e. The topological polar surface area (TPSA) is 34.1 Å². The molecule has 136 valence electrons. The van der Waals surface area contributed by atoms with Gasteiger partial charge in [-0.2, -0.15) is 0 Å². The van der Waals surface area contributed by atoms with Crippen molar-refractivity contribution in [1.29, 1.82) is 0 Å². The van der Waals surface area contributed by atoms with Gasteiger partial charge in [-0.25, -0.2) is 0 Å². The fourth-order valence-corrected chi connectivity index (χ4v) is 7.64. The summed E-state index contributed by atoms with van der Waals surface area (Å²) in [6.07, 6.45) is 13.8. The molecule has 6 atom stereocenters. The Balaban J connectivity index is 1.70. The van der Waals surface area contributed by atoms with E-state index < -0.39 is 0 Å². The van der Waals surface area contributed by atoms with Crippen LogP contribution >= 0.6 is 0 Å². The third kappa shape index (κ3) is 2.35. The van der Waals surface area contributed by atoms with Crippen LogP contribution in [0.1, 0.15) is 71.6 Å². The van der Waals surface area contributed by atoms with Crippen LogP contribution < -0.4 is 0 Å². The highest BCUT2D eigenvalue weighted by atomic mass is 16.1. The highest BCUT2D eigenvalue weighted by Crippen LogP contribution is 2.67. The van der Waals surface area contributed by atoms with E-state index in [1.165, 1.54) is 31.3 Å². The zero-order valence-corrected chi connectivity index (χ0v) is 15.9. The number of fused-ring (bicyclic) bond motifs is 5. The Bertz CT molecular complexity index is 644. The number of Topliss-reactive ketones (excluding diaryl/α,β-unsaturated/α-hetero) is 1. The molecule has 3 fully saturated rings. The van der Waals surface area contributed by atoms with Gasteiger partial charge >= 0.3 is 0 Å². The first-order chi connectivity index (χ1) is 11.9. The van der Waals surface area contributed by atoms with Gasteiger partial charge in [0.25, 0.3) is 0 Å². The summed E-state index contributed by atoms with van der Waals surface area (Å²) in [5, 5.41) is 0. The standard InChI is InChI=1S/C23H32O2/c1-4-11-23-13-10-20-18(21(23)8-7-19(23)15(2)24)6-5-16-14-17(25)9-12-22(16,20)3/h4,14,18-21H,1,5-13H2,2-3H3/t18-,19-,20+,21+,22+,23-/m1/s1. The molecule has 4 aliphatic rings. The SMILES string of the molecule is C=CC[C@]12CC[C@H]3[C@@H](CCC4=CC(=O)CC[C@@]43C)[C@@H]1CC[C@@H]2C(C)=O. The second-order valence-electron chi connectivity index (χ2n) is 9.47. The lowest BCUT2D eigenvalue weighted by atomic mass is 9.46. The molecule has 25 heavy (non-hydrogen) atoms. The number of rotatable bonds is 3. The molecule has 0 aromatic carbocycles. The van der Waals surface area contributed by atoms with Gasteiger partial charge in [-0.05, 0) is 93.0 Å². The van der Waals surface area contributed by atoms with Gasteiger partial charge in [-0.1, -0.05) is 18.6 Å². The van der Waals surface area contributed by atoms with Crippen molar-refractivity contribution < 1.29 is 9.59 Å². The van der Waals surface area contributed by atoms with Gasteiger partial charge in [0.2, 0.25) is 0 Å². The van der Waals surface area contributed by atoms with Crippen molar-refractivity contribution >= 4 is 11.6 Å². The molecule has 0 radical (unpaired) electrons. The molecular formula is C23H32O2. The lowest BCUT2D eigenvalue weighted by Crippen LogP contribution is -2.51. The van der Waals surface area contributed by atoms with Gasteiger partial charge in [-0.15, -0.1) is 6.58 Å². The fraction of sp³-hybridized carbons (Fsp3) is 0.739. The Morgan fingerprint density at radius 3 is 2.72 bits per heavy atom. The van der Waals surface area contributed by atoms with E-state index in [0.29, 0.717) is 23.4 Å². The predicted octanol–water partition coefficient (Wildman–Crippen LogP) is 5.28. The number of carbonyl (C=O) groups excluding carboxylic acids is 2. The maximum atomic E-state index is 12.4. The molecule has 0 N–H and O–H groups in total. The maximum Gasteiger partial charge on any atom is 0.155 e. The van der Waals surface area contributed by atoms with Crippen LogP contribution in [0.2, 0.25) is 0 Å². The van der Waals surface area contributed by atoms with Crippen LogP contribution in [-0.2, 0) is 9.59 Å². The lowest BCUT2D eigenvalue weighted by Gasteiger charge is -2.58. The Morgan fingerprint density at radius 2 is 2.00 bits per heavy atom. The van der Waals surface area contributed by atoms with Crippen molar-refractivity contribution in [2.45, 2.75) is 71.6 Å². The molecule has 4 rings (SSSR count). The summed E-state index contributed by atoms with van der Waals surface area (Å²) < 4.78 is 0. The quantitative estimate of drug-likeness (QED) is 0.655. The minimum absolute atomic E-state index is 0.177. The van der Waals surface area contributed by atoms with Crippen LogP contribution in [0.15, 0.2) is 24.3 Å². The summed E-state index contributed by atoms with van der Waals surface area (Å²) in [7, 11) is 0. The highest BCUT2D eigenvalue weighted by molar-refractivity contribution is 5.91. The number of ketones is 2. The van der Waals surface area contributed by atoms with Gasteiger partial charge in [0.15, 0.2) is 5.78 Å². The summed E-state index contributed by atoms with van der Waals surface area (Å²) in [6.45, 7) is 8.27. The van der Waals surface area contributed by atoms with Crippen molar-refractivity contribution in [3.63, 3.8) is 0 Å². The number of hydrogen-bond acceptors (Lipinski definition) is 2. The normalized spacial score (nSPS) is 45.8. The zero-order valence-electron chi connectivity index (χ0n) is 15.9. The fourth-order valence-electron chi connectivity index (χ4n) is 7.64. The van der Waals surface area contributed by atoms with E-state index in [2.05, 4.69) is 19.6 Å². The van der Waals surface area contributed by atoms with Crippen LogP contribution in [0.3, 0.4) is 0 Å². The van der Waals surface area contributed by atoms with Crippen LogP contribution in [-0.4, -0.2) is 11.6 Å². The van der Waals surface area contributed by atoms with Crippen molar-refractivity contribution in [2.75, 3.05) is 0 Å². The summed E-state index contributed by atoms with van der Waals surface area (Å²) in [5.41, 5.74) is 1.84. The summed E-state index contributed by atoms with van der Waals surface area (Å²) in [6, 6.07) is 0. The number of allylic oxidation sites excluding steroid dienone is 2. The minimum Gasteiger partial charge on any atom is -0.300 e. The molecule has 0 heterocycles. The van der Waals surface area contributed by atoms with Crippen molar-refractivity contribution in [2.24, 2.45) is 34.5 Å². The van der Waals surface area contributed by atoms with E-state index in [1.807, 2.05) is 6.08 Å². The van der Waals surface area contributed by atoms with E-state index in [1.54, 1.807) is 6.92 Å². The average molecular weight is 341 g/mol. The molecule has 0 saturated heterocycles. The monoisotopic (exact) mass is 340 g/mol. The summed E-state index contributed by atoms with van der Waals surface area (Å²) in [4.78, 5) is 24.3. The Morgan fingerprint density at radius 1 is 1.20 bits per heavy atom. The van der Waals surface area contributed by atoms with E-state index in [-0.39, 0.29) is 16.7 Å². The van der Waals surface area contributed by atoms with Crippen LogP contribution in [0.5, 0.6) is 0 Å². The minimum atomic E-state index is 0.177. The molecule has 2 nitrogen and oxygen atoms in total. The van der Waals surface area contributed by atoms with Gasteiger partial charge < -0.3 is 0 Å². The Labute approximate surface area is 152 Å². The first-order valence-electron chi connectivity index (χ1n) is 10.3. The lowest BCUT2D eigenvalue weighted by molar-refractivity contribution is -0.129. The van der Waals surface area contributed by atoms with Crippen molar-refractivity contribution in [1.82, 2.24) is 0 Å². The van der Waals surface area contributed by atoms with E-state index in [9.17, 15) is 9.59 Å². The second-order valence-corrected chi connectivity index (χ2v) is 9.47. The first kappa shape index (κ1) is 17.2. The zero-order chi connectivity index (χ0) is 17.8. The summed E-state index contributed by atoms with van der Waals surface area (Å²) in [5.74, 6) is 3.08. The molecule has 0 amide bonds. The molecule has 0 aromatic heterocycles. The van der Waals surface area contributed by atoms with E-state index in [4.69, 9.17) is 0 Å². The summed E-state index contributed by atoms with van der Waals surface area (Å²) >= 11 is 0. The first-order valence-corrected chi connectivity index (χ1v) is 10.3. The number of hydrogen-bond donors (Lipinski definition) is 0. The van der Waals surface area contributed by atoms with Gasteiger partial charge in [0.05, 0.1) is 0 Å². The van der Waals surface area contributed by atoms with Crippen LogP contribution in [0, 0.1) is 34.5 Å². The molecule has 0 spiro atoms. The average Bonchev–Trinajstić information content (AvgIpc) is 2.95. The van der Waals surface area contributed by atoms with E-state index >= 15 is 0 Å². The van der Waals surface area contributed by atoms with Crippen molar-refractivity contribution in [3.8, 4) is 0 Å². The molecule has 0 aliphatic heterocycles. The van der Waals surface area contributed by atoms with Gasteiger partial charge in [-0.3, -0.25) is 9.59 Å². The predicted molar refractivity (Wildman–Crippen MR) is 100 cm³/mol. The maximum absolute atomic E-state index is 12.4. The molecule has 0 bridgehead atoms. The Kier molecular flexibility index (Phi) is 4.09. The number of carbonyl (C=O) groups is 2. The van der Waals surface area contributed by atoms with Gasteiger partial charge in [0.1, 0.15) is 5.78 Å². The van der Waals surface area contributed by atoms with Crippen LogP contribution in [0.4, 0.5) is 0 Å². The van der Waals surface area contributed by atoms with Gasteiger partial charge in [0, 0.05) is 12.3 Å². The Hall–Kier alpha value is -1.18. The molecule has 2 heteroatoms. The van der Waals surface area contributed by atoms with Crippen molar-refractivity contribution in [3.05, 3.63) is 24.3 Å². The third-order valence-corrected chi connectivity index (χ3v) is 8.69. The molecule has 0 unspecified atom stereocenters. The smallest absolute Gasteiger partial charge is 0.155 e. The second kappa shape index (κ2) is 5.93. The molecular weight excluding hydrogens is 308 g/mol. The molecule has 4 aliphatic carbocycles.